The van der Waals surface area contributed by atoms with Crippen LogP contribution < -0.4 is 15.2 Å². The third kappa shape index (κ3) is 3.65. The van der Waals surface area contributed by atoms with Gasteiger partial charge in [-0.15, -0.1) is 11.6 Å². The summed E-state index contributed by atoms with van der Waals surface area (Å²) in [5.41, 5.74) is 7.76. The Balaban J connectivity index is 1.88. The van der Waals surface area contributed by atoms with E-state index in [9.17, 15) is 5.11 Å². The number of halogens is 1. The van der Waals surface area contributed by atoms with Crippen LogP contribution in [0.3, 0.4) is 0 Å². The van der Waals surface area contributed by atoms with Crippen molar-refractivity contribution in [3.8, 4) is 22.6 Å². The van der Waals surface area contributed by atoms with Gasteiger partial charge in [-0.3, -0.25) is 4.98 Å². The predicted molar refractivity (Wildman–Crippen MR) is 103 cm³/mol. The fraction of sp³-hybridized carbons (Fsp3) is 0.450. The second kappa shape index (κ2) is 7.82. The number of fused-ring (bicyclic) bond motifs is 3. The van der Waals surface area contributed by atoms with Crippen molar-refractivity contribution in [2.75, 3.05) is 19.1 Å². The van der Waals surface area contributed by atoms with Crippen LogP contribution in [0.5, 0.6) is 11.5 Å². The highest BCUT2D eigenvalue weighted by molar-refractivity contribution is 6.18. The van der Waals surface area contributed by atoms with Crippen LogP contribution in [0.15, 0.2) is 36.7 Å². The first-order valence-electron chi connectivity index (χ1n) is 8.82. The average Bonchev–Trinajstić information content (AvgIpc) is 2.65. The molecule has 1 unspecified atom stereocenters. The Morgan fingerprint density at radius 1 is 1.31 bits per heavy atom. The third-order valence-electron chi connectivity index (χ3n) is 4.57. The zero-order valence-electron chi connectivity index (χ0n) is 15.1. The van der Waals surface area contributed by atoms with E-state index in [0.29, 0.717) is 24.0 Å². The molecule has 0 fully saturated rings. The van der Waals surface area contributed by atoms with E-state index in [-0.39, 0.29) is 18.5 Å². The van der Waals surface area contributed by atoms with Crippen LogP contribution in [0.1, 0.15) is 25.8 Å². The fourth-order valence-corrected chi connectivity index (χ4v) is 3.59. The van der Waals surface area contributed by atoms with Crippen LogP contribution in [-0.4, -0.2) is 35.2 Å². The molecule has 2 atom stereocenters. The minimum absolute atomic E-state index is 0.0174. The van der Waals surface area contributed by atoms with Crippen molar-refractivity contribution in [3.05, 3.63) is 42.2 Å². The second-order valence-electron chi connectivity index (χ2n) is 7.17. The Kier molecular flexibility index (Phi) is 5.70. The van der Waals surface area contributed by atoms with Gasteiger partial charge < -0.3 is 20.3 Å². The molecule has 0 saturated heterocycles. The summed E-state index contributed by atoms with van der Waals surface area (Å²) in [7, 11) is 0. The van der Waals surface area contributed by atoms with E-state index >= 15 is 0 Å². The molecule has 0 bridgehead atoms. The van der Waals surface area contributed by atoms with Gasteiger partial charge in [-0.2, -0.15) is 0 Å². The van der Waals surface area contributed by atoms with Gasteiger partial charge in [0.05, 0.1) is 12.5 Å². The van der Waals surface area contributed by atoms with Crippen molar-refractivity contribution in [2.45, 2.75) is 31.9 Å². The maximum atomic E-state index is 9.97. The third-order valence-corrected chi connectivity index (χ3v) is 5.00. The van der Waals surface area contributed by atoms with Crippen molar-refractivity contribution < 1.29 is 14.6 Å². The summed E-state index contributed by atoms with van der Waals surface area (Å²) in [5, 5.41) is 9.97. The monoisotopic (exact) mass is 376 g/mol. The van der Waals surface area contributed by atoms with Gasteiger partial charge in [-0.25, -0.2) is 0 Å². The van der Waals surface area contributed by atoms with Gasteiger partial charge >= 0.3 is 0 Å². The molecule has 1 aliphatic heterocycles. The van der Waals surface area contributed by atoms with Gasteiger partial charge in [0.2, 0.25) is 0 Å². The molecule has 6 heteroatoms. The molecule has 3 N–H and O–H groups in total. The van der Waals surface area contributed by atoms with Crippen molar-refractivity contribution in [1.82, 2.24) is 4.98 Å². The number of nitrogens with zero attached hydrogens (tertiary/aromatic N) is 1. The Hall–Kier alpha value is -1.82. The number of aliphatic hydroxyl groups is 1. The largest absolute Gasteiger partial charge is 0.492 e. The number of aromatic nitrogens is 1. The summed E-state index contributed by atoms with van der Waals surface area (Å²) in [5.74, 6) is 1.95. The lowest BCUT2D eigenvalue weighted by Gasteiger charge is -2.37. The molecule has 140 valence electrons. The van der Waals surface area contributed by atoms with Crippen molar-refractivity contribution in [2.24, 2.45) is 11.7 Å². The lowest BCUT2D eigenvalue weighted by molar-refractivity contribution is 0.0224. The SMILES string of the molecule is CC(C)C[C@@H](N)COc1ccc2c(c1)OC(CO)(CCl)c1ccncc1-2. The molecule has 0 amide bonds. The van der Waals surface area contributed by atoms with Crippen molar-refractivity contribution in [1.29, 1.82) is 0 Å². The van der Waals surface area contributed by atoms with Crippen LogP contribution >= 0.6 is 11.6 Å². The number of ether oxygens (including phenoxy) is 2. The highest BCUT2D eigenvalue weighted by Gasteiger charge is 2.40. The molecule has 0 spiro atoms. The molecule has 1 aromatic heterocycles. The molecule has 5 nitrogen and oxygen atoms in total. The second-order valence-corrected chi connectivity index (χ2v) is 7.44. The van der Waals surface area contributed by atoms with E-state index in [1.54, 1.807) is 12.4 Å². The van der Waals surface area contributed by atoms with E-state index in [4.69, 9.17) is 26.8 Å². The summed E-state index contributed by atoms with van der Waals surface area (Å²) in [6.07, 6.45) is 4.35. The van der Waals surface area contributed by atoms with E-state index in [0.717, 1.165) is 23.1 Å². The first kappa shape index (κ1) is 19.0. The van der Waals surface area contributed by atoms with Crippen molar-refractivity contribution in [3.63, 3.8) is 0 Å². The maximum absolute atomic E-state index is 9.97. The van der Waals surface area contributed by atoms with Gasteiger partial charge in [0, 0.05) is 41.2 Å². The number of rotatable bonds is 7. The molecular weight excluding hydrogens is 352 g/mol. The number of nitrogens with two attached hydrogens (primary N) is 1. The van der Waals surface area contributed by atoms with Crippen LogP contribution in [-0.2, 0) is 5.60 Å². The number of hydrogen-bond acceptors (Lipinski definition) is 5. The summed E-state index contributed by atoms with van der Waals surface area (Å²) < 4.78 is 12.0. The van der Waals surface area contributed by atoms with Crippen LogP contribution in [0.2, 0.25) is 0 Å². The first-order valence-corrected chi connectivity index (χ1v) is 9.35. The number of pyridine rings is 1. The van der Waals surface area contributed by atoms with E-state index in [1.807, 2.05) is 24.3 Å². The number of benzene rings is 1. The predicted octanol–water partition coefficient (Wildman–Crippen LogP) is 3.32. The minimum atomic E-state index is -0.987. The Morgan fingerprint density at radius 3 is 2.81 bits per heavy atom. The summed E-state index contributed by atoms with van der Waals surface area (Å²) >= 11 is 6.17. The molecule has 0 saturated carbocycles. The normalized spacial score (nSPS) is 19.5. The molecule has 0 radical (unpaired) electrons. The molecular formula is C20H25ClN2O3. The lowest BCUT2D eigenvalue weighted by Crippen LogP contribution is -2.41. The molecule has 2 aromatic rings. The Bertz CT molecular complexity index is 762. The van der Waals surface area contributed by atoms with Crippen LogP contribution in [0.4, 0.5) is 0 Å². The topological polar surface area (TPSA) is 77.6 Å². The fourth-order valence-electron chi connectivity index (χ4n) is 3.31. The van der Waals surface area contributed by atoms with Gasteiger partial charge in [0.1, 0.15) is 18.1 Å². The van der Waals surface area contributed by atoms with Gasteiger partial charge in [0.25, 0.3) is 0 Å². The number of hydrogen-bond donors (Lipinski definition) is 2. The zero-order chi connectivity index (χ0) is 18.7. The first-order chi connectivity index (χ1) is 12.5. The smallest absolute Gasteiger partial charge is 0.171 e. The van der Waals surface area contributed by atoms with Crippen LogP contribution in [0.25, 0.3) is 11.1 Å². The lowest BCUT2D eigenvalue weighted by atomic mass is 9.86. The summed E-state index contributed by atoms with van der Waals surface area (Å²) in [4.78, 5) is 4.21. The summed E-state index contributed by atoms with van der Waals surface area (Å²) in [6, 6.07) is 7.48. The highest BCUT2D eigenvalue weighted by Crippen LogP contribution is 2.46. The standard InChI is InChI=1S/C20H25ClN2O3/c1-13(2)7-14(22)10-25-15-3-4-16-17-9-23-6-5-18(17)20(11-21,12-24)26-19(16)8-15/h3-6,8-9,13-14,24H,7,10-12,22H2,1-2H3/t14-,20?/m1/s1. The summed E-state index contributed by atoms with van der Waals surface area (Å²) in [6.45, 7) is 4.49. The molecule has 0 aliphatic carbocycles. The average molecular weight is 377 g/mol. The molecule has 1 aliphatic rings. The van der Waals surface area contributed by atoms with Crippen LogP contribution in [0, 0.1) is 5.92 Å². The maximum Gasteiger partial charge on any atom is 0.171 e. The Labute approximate surface area is 159 Å². The minimum Gasteiger partial charge on any atom is -0.492 e. The van der Waals surface area contributed by atoms with Crippen molar-refractivity contribution >= 4 is 11.6 Å². The zero-order valence-corrected chi connectivity index (χ0v) is 15.9. The molecule has 1 aromatic carbocycles. The molecule has 2 heterocycles. The van der Waals surface area contributed by atoms with E-state index in [2.05, 4.69) is 18.8 Å². The quantitative estimate of drug-likeness (QED) is 0.725. The van der Waals surface area contributed by atoms with Gasteiger partial charge in [0.15, 0.2) is 5.60 Å². The molecule has 3 rings (SSSR count). The molecule has 26 heavy (non-hydrogen) atoms. The van der Waals surface area contributed by atoms with E-state index in [1.165, 1.54) is 0 Å². The number of alkyl halides is 1. The Morgan fingerprint density at radius 2 is 2.12 bits per heavy atom. The highest BCUT2D eigenvalue weighted by atomic mass is 35.5. The number of aliphatic hydroxyl groups excluding tert-OH is 1. The van der Waals surface area contributed by atoms with Gasteiger partial charge in [-0.1, -0.05) is 13.8 Å². The van der Waals surface area contributed by atoms with Gasteiger partial charge in [-0.05, 0) is 30.5 Å². The van der Waals surface area contributed by atoms with E-state index < -0.39 is 5.60 Å².